The van der Waals surface area contributed by atoms with E-state index in [-0.39, 0.29) is 0 Å². The summed E-state index contributed by atoms with van der Waals surface area (Å²) >= 11 is 7.83. The molecular weight excluding hydrogens is 256 g/mol. The quantitative estimate of drug-likeness (QED) is 0.909. The first-order chi connectivity index (χ1) is 8.28. The Labute approximate surface area is 109 Å². The van der Waals surface area contributed by atoms with Crippen molar-refractivity contribution in [1.29, 1.82) is 0 Å². The zero-order chi connectivity index (χ0) is 11.8. The van der Waals surface area contributed by atoms with E-state index in [1.165, 1.54) is 0 Å². The van der Waals surface area contributed by atoms with Gasteiger partial charge in [-0.05, 0) is 18.6 Å². The van der Waals surface area contributed by atoms with Gasteiger partial charge in [-0.1, -0.05) is 17.7 Å². The third-order valence-electron chi connectivity index (χ3n) is 3.11. The number of nitrogens with zero attached hydrogens (tertiary/aromatic N) is 1. The lowest BCUT2D eigenvalue weighted by Crippen LogP contribution is -2.15. The molecule has 17 heavy (non-hydrogen) atoms. The lowest BCUT2D eigenvalue weighted by Gasteiger charge is -2.05. The van der Waals surface area contributed by atoms with Gasteiger partial charge in [-0.2, -0.15) is 0 Å². The second-order valence-corrected chi connectivity index (χ2v) is 5.63. The predicted octanol–water partition coefficient (Wildman–Crippen LogP) is 3.00. The maximum atomic E-state index is 6.16. The number of methoxy groups -OCH3 is 1. The minimum absolute atomic E-state index is 0.294. The summed E-state index contributed by atoms with van der Waals surface area (Å²) < 4.78 is 6.42. The van der Waals surface area contributed by atoms with Crippen molar-refractivity contribution in [2.45, 2.75) is 18.6 Å². The SMILES string of the molecule is COC1CNC(c2nc3cccc(Cl)c3s2)C1. The number of rotatable bonds is 2. The lowest BCUT2D eigenvalue weighted by molar-refractivity contribution is 0.117. The van der Waals surface area contributed by atoms with Crippen LogP contribution in [-0.4, -0.2) is 24.7 Å². The molecule has 0 spiro atoms. The Morgan fingerprint density at radius 1 is 1.53 bits per heavy atom. The number of halogens is 1. The van der Waals surface area contributed by atoms with Crippen molar-refractivity contribution >= 4 is 33.2 Å². The van der Waals surface area contributed by atoms with Gasteiger partial charge in [0.25, 0.3) is 0 Å². The first-order valence-electron chi connectivity index (χ1n) is 5.59. The molecule has 0 amide bonds. The Bertz CT molecular complexity index is 542. The van der Waals surface area contributed by atoms with Gasteiger partial charge in [-0.15, -0.1) is 11.3 Å². The van der Waals surface area contributed by atoms with Crippen molar-refractivity contribution in [2.75, 3.05) is 13.7 Å². The molecule has 1 saturated heterocycles. The average Bonchev–Trinajstić information content (AvgIpc) is 2.95. The Morgan fingerprint density at radius 3 is 3.12 bits per heavy atom. The number of thiazole rings is 1. The molecule has 5 heteroatoms. The van der Waals surface area contributed by atoms with Crippen molar-refractivity contribution in [3.63, 3.8) is 0 Å². The summed E-state index contributed by atoms with van der Waals surface area (Å²) in [5.74, 6) is 0. The van der Waals surface area contributed by atoms with Crippen LogP contribution >= 0.6 is 22.9 Å². The Balaban J connectivity index is 1.94. The van der Waals surface area contributed by atoms with Crippen LogP contribution in [0.5, 0.6) is 0 Å². The molecule has 1 N–H and O–H groups in total. The smallest absolute Gasteiger partial charge is 0.111 e. The lowest BCUT2D eigenvalue weighted by atomic mass is 10.2. The van der Waals surface area contributed by atoms with Crippen LogP contribution in [0, 0.1) is 0 Å². The summed E-state index contributed by atoms with van der Waals surface area (Å²) in [6.45, 7) is 0.894. The molecule has 0 aliphatic carbocycles. The van der Waals surface area contributed by atoms with Gasteiger partial charge in [0.15, 0.2) is 0 Å². The number of nitrogens with one attached hydrogen (secondary N) is 1. The van der Waals surface area contributed by atoms with Crippen LogP contribution in [0.3, 0.4) is 0 Å². The molecule has 3 nitrogen and oxygen atoms in total. The van der Waals surface area contributed by atoms with E-state index in [4.69, 9.17) is 16.3 Å². The molecule has 0 radical (unpaired) electrons. The van der Waals surface area contributed by atoms with E-state index in [0.29, 0.717) is 12.1 Å². The highest BCUT2D eigenvalue weighted by Crippen LogP contribution is 2.34. The molecule has 2 heterocycles. The Hall–Kier alpha value is -0.680. The number of benzene rings is 1. The molecule has 0 bridgehead atoms. The molecule has 1 aromatic heterocycles. The summed E-state index contributed by atoms with van der Waals surface area (Å²) in [4.78, 5) is 4.64. The second kappa shape index (κ2) is 4.53. The topological polar surface area (TPSA) is 34.1 Å². The van der Waals surface area contributed by atoms with Gasteiger partial charge in [-0.3, -0.25) is 0 Å². The number of hydrogen-bond acceptors (Lipinski definition) is 4. The number of aromatic nitrogens is 1. The van der Waals surface area contributed by atoms with Crippen molar-refractivity contribution in [3.8, 4) is 0 Å². The number of hydrogen-bond donors (Lipinski definition) is 1. The van der Waals surface area contributed by atoms with Gasteiger partial charge in [0.1, 0.15) is 5.01 Å². The van der Waals surface area contributed by atoms with Gasteiger partial charge in [-0.25, -0.2) is 4.98 Å². The van der Waals surface area contributed by atoms with Gasteiger partial charge in [0.2, 0.25) is 0 Å². The van der Waals surface area contributed by atoms with E-state index in [9.17, 15) is 0 Å². The van der Waals surface area contributed by atoms with Crippen molar-refractivity contribution in [3.05, 3.63) is 28.2 Å². The van der Waals surface area contributed by atoms with E-state index in [2.05, 4.69) is 10.3 Å². The molecule has 2 unspecified atom stereocenters. The average molecular weight is 269 g/mol. The first kappa shape index (κ1) is 11.4. The zero-order valence-corrected chi connectivity index (χ0v) is 11.0. The number of fused-ring (bicyclic) bond motifs is 1. The van der Waals surface area contributed by atoms with E-state index in [1.807, 2.05) is 18.2 Å². The van der Waals surface area contributed by atoms with Crippen LogP contribution in [0.15, 0.2) is 18.2 Å². The van der Waals surface area contributed by atoms with E-state index >= 15 is 0 Å². The summed E-state index contributed by atoms with van der Waals surface area (Å²) in [6.07, 6.45) is 1.27. The van der Waals surface area contributed by atoms with Gasteiger partial charge in [0.05, 0.1) is 27.4 Å². The van der Waals surface area contributed by atoms with Gasteiger partial charge in [0, 0.05) is 13.7 Å². The molecule has 90 valence electrons. The highest BCUT2D eigenvalue weighted by atomic mass is 35.5. The third kappa shape index (κ3) is 2.06. The second-order valence-electron chi connectivity index (χ2n) is 4.19. The maximum Gasteiger partial charge on any atom is 0.111 e. The fourth-order valence-electron chi connectivity index (χ4n) is 2.15. The fraction of sp³-hybridized carbons (Fsp3) is 0.417. The largest absolute Gasteiger partial charge is 0.380 e. The van der Waals surface area contributed by atoms with Crippen LogP contribution in [-0.2, 0) is 4.74 Å². The number of ether oxygens (including phenoxy) is 1. The molecule has 3 rings (SSSR count). The third-order valence-corrected chi connectivity index (χ3v) is 4.75. The van der Waals surface area contributed by atoms with Crippen molar-refractivity contribution in [2.24, 2.45) is 0 Å². The summed E-state index contributed by atoms with van der Waals surface area (Å²) in [7, 11) is 1.75. The molecule has 0 saturated carbocycles. The Morgan fingerprint density at radius 2 is 2.41 bits per heavy atom. The molecule has 1 aliphatic heterocycles. The first-order valence-corrected chi connectivity index (χ1v) is 6.78. The molecule has 2 aromatic rings. The molecule has 1 aromatic carbocycles. The fourth-order valence-corrected chi connectivity index (χ4v) is 3.50. The molecular formula is C12H13ClN2OS. The highest BCUT2D eigenvalue weighted by Gasteiger charge is 2.27. The van der Waals surface area contributed by atoms with Crippen LogP contribution in [0.25, 0.3) is 10.2 Å². The minimum Gasteiger partial charge on any atom is -0.380 e. The van der Waals surface area contributed by atoms with Crippen molar-refractivity contribution in [1.82, 2.24) is 10.3 Å². The molecule has 2 atom stereocenters. The summed E-state index contributed by atoms with van der Waals surface area (Å²) in [6, 6.07) is 6.15. The monoisotopic (exact) mass is 268 g/mol. The summed E-state index contributed by atoms with van der Waals surface area (Å²) in [5, 5.41) is 5.32. The van der Waals surface area contributed by atoms with E-state index in [1.54, 1.807) is 18.4 Å². The standard InChI is InChI=1S/C12H13ClN2OS/c1-16-7-5-10(14-6-7)12-15-9-4-2-3-8(13)11(9)17-12/h2-4,7,10,14H,5-6H2,1H3. The van der Waals surface area contributed by atoms with Crippen molar-refractivity contribution < 1.29 is 4.74 Å². The molecule has 1 aliphatic rings. The van der Waals surface area contributed by atoms with Crippen LogP contribution < -0.4 is 5.32 Å². The Kier molecular flexibility index (Phi) is 3.04. The predicted molar refractivity (Wildman–Crippen MR) is 70.8 cm³/mol. The maximum absolute atomic E-state index is 6.16. The van der Waals surface area contributed by atoms with E-state index < -0.39 is 0 Å². The van der Waals surface area contributed by atoms with Crippen LogP contribution in [0.2, 0.25) is 5.02 Å². The van der Waals surface area contributed by atoms with Gasteiger partial charge < -0.3 is 10.1 Å². The van der Waals surface area contributed by atoms with Crippen LogP contribution in [0.4, 0.5) is 0 Å². The summed E-state index contributed by atoms with van der Waals surface area (Å²) in [5.41, 5.74) is 0.986. The normalized spacial score (nSPS) is 24.6. The molecule has 1 fully saturated rings. The van der Waals surface area contributed by atoms with Crippen LogP contribution in [0.1, 0.15) is 17.5 Å². The zero-order valence-electron chi connectivity index (χ0n) is 9.44. The van der Waals surface area contributed by atoms with Gasteiger partial charge >= 0.3 is 0 Å². The van der Waals surface area contributed by atoms with E-state index in [0.717, 1.165) is 33.2 Å². The minimum atomic E-state index is 0.294. The highest BCUT2D eigenvalue weighted by molar-refractivity contribution is 7.19.